The molecule has 8 nitrogen and oxygen atoms in total. The molecule has 0 fully saturated rings. The number of nitrogens with one attached hydrogen (secondary N) is 2. The molecular weight excluding hydrogens is 464 g/mol. The van der Waals surface area contributed by atoms with Crippen molar-refractivity contribution in [1.82, 2.24) is 9.55 Å². The zero-order valence-corrected chi connectivity index (χ0v) is 21.0. The van der Waals surface area contributed by atoms with Crippen LogP contribution in [0.3, 0.4) is 0 Å². The predicted molar refractivity (Wildman–Crippen MR) is 147 cm³/mol. The lowest BCUT2D eigenvalue weighted by molar-refractivity contribution is 0.102. The van der Waals surface area contributed by atoms with Crippen molar-refractivity contribution in [3.8, 4) is 6.07 Å². The summed E-state index contributed by atoms with van der Waals surface area (Å²) in [7, 11) is 0. The van der Waals surface area contributed by atoms with Crippen molar-refractivity contribution < 1.29 is 4.79 Å². The van der Waals surface area contributed by atoms with Gasteiger partial charge >= 0.3 is 0 Å². The smallest absolute Gasteiger partial charge is 0.261 e. The van der Waals surface area contributed by atoms with Gasteiger partial charge in [0.05, 0.1) is 23.3 Å². The number of aryl methyl sites for hydroxylation is 2. The fourth-order valence-electron chi connectivity index (χ4n) is 4.09. The number of hydrogen-bond donors (Lipinski definition) is 3. The number of fused-ring (bicyclic) bond motifs is 1. The quantitative estimate of drug-likeness (QED) is 0.308. The Morgan fingerprint density at radius 2 is 1.95 bits per heavy atom. The highest BCUT2D eigenvalue weighted by molar-refractivity contribution is 6.04. The number of nitrogens with zero attached hydrogens (tertiary/aromatic N) is 3. The van der Waals surface area contributed by atoms with E-state index in [4.69, 9.17) is 11.0 Å². The van der Waals surface area contributed by atoms with Gasteiger partial charge in [0.25, 0.3) is 11.5 Å². The third-order valence-corrected chi connectivity index (χ3v) is 6.15. The van der Waals surface area contributed by atoms with E-state index in [1.807, 2.05) is 62.4 Å². The summed E-state index contributed by atoms with van der Waals surface area (Å²) in [6.45, 7) is 4.86. The molecule has 0 saturated carbocycles. The predicted octanol–water partition coefficient (Wildman–Crippen LogP) is 4.75. The van der Waals surface area contributed by atoms with Gasteiger partial charge in [-0.25, -0.2) is 4.98 Å². The Labute approximate surface area is 215 Å². The van der Waals surface area contributed by atoms with E-state index >= 15 is 0 Å². The number of anilines is 3. The molecule has 1 unspecified atom stereocenters. The topological polar surface area (TPSA) is 126 Å². The molecule has 0 aliphatic rings. The Hall–Kier alpha value is -4.48. The van der Waals surface area contributed by atoms with Gasteiger partial charge in [0.1, 0.15) is 0 Å². The van der Waals surface area contributed by atoms with E-state index in [1.54, 1.807) is 23.0 Å². The molecule has 4 rings (SSSR count). The summed E-state index contributed by atoms with van der Waals surface area (Å²) in [6.07, 6.45) is 2.85. The third kappa shape index (κ3) is 6.21. The molecule has 1 heterocycles. The zero-order valence-electron chi connectivity index (χ0n) is 21.0. The first-order chi connectivity index (χ1) is 17.9. The van der Waals surface area contributed by atoms with Gasteiger partial charge < -0.3 is 16.4 Å². The van der Waals surface area contributed by atoms with Crippen LogP contribution in [0.15, 0.2) is 71.8 Å². The summed E-state index contributed by atoms with van der Waals surface area (Å²) < 4.78 is 1.58. The summed E-state index contributed by atoms with van der Waals surface area (Å²) in [5, 5.41) is 15.9. The van der Waals surface area contributed by atoms with Crippen LogP contribution in [0.25, 0.3) is 10.9 Å². The first-order valence-corrected chi connectivity index (χ1v) is 12.2. The van der Waals surface area contributed by atoms with Crippen LogP contribution in [0.4, 0.5) is 17.1 Å². The third-order valence-electron chi connectivity index (χ3n) is 6.15. The van der Waals surface area contributed by atoms with E-state index in [-0.39, 0.29) is 17.4 Å². The summed E-state index contributed by atoms with van der Waals surface area (Å²) in [5.41, 5.74) is 10.8. The van der Waals surface area contributed by atoms with Crippen LogP contribution in [-0.2, 0) is 13.0 Å². The largest absolute Gasteiger partial charge is 0.355 e. The molecule has 1 aromatic heterocycles. The van der Waals surface area contributed by atoms with Gasteiger partial charge in [-0.05, 0) is 86.8 Å². The lowest BCUT2D eigenvalue weighted by Crippen LogP contribution is -2.22. The molecule has 0 aliphatic carbocycles. The molecule has 1 atom stereocenters. The summed E-state index contributed by atoms with van der Waals surface area (Å²) in [6, 6.07) is 20.7. The maximum atomic E-state index is 12.9. The standard InChI is InChI=1S/C29H30N6O2/c1-19(17-31)13-21-5-3-6-22(14-21)28(36)34-24-8-7-20(2)27(16-24)33-23-9-10-26-25(15-23)29(37)35(18-32-26)12-4-11-30/h3,5-10,14-16,18-19,33H,4,11-13,30H2,1-2H3,(H,34,36). The SMILES string of the molecule is Cc1ccc(NC(=O)c2cccc(CC(C)C#N)c2)cc1Nc1ccc2ncn(CCCN)c(=O)c2c1. The Morgan fingerprint density at radius 3 is 2.73 bits per heavy atom. The Morgan fingerprint density at radius 1 is 1.14 bits per heavy atom. The number of nitrogens with two attached hydrogens (primary N) is 1. The van der Waals surface area contributed by atoms with Crippen LogP contribution in [0.5, 0.6) is 0 Å². The van der Waals surface area contributed by atoms with Gasteiger partial charge in [0, 0.05) is 35.1 Å². The number of amides is 1. The number of aromatic nitrogens is 2. The minimum atomic E-state index is -0.226. The Balaban J connectivity index is 1.54. The number of nitriles is 1. The molecule has 0 bridgehead atoms. The number of carbonyl (C=O) groups is 1. The number of carbonyl (C=O) groups excluding carboxylic acids is 1. The summed E-state index contributed by atoms with van der Waals surface area (Å²) in [5.74, 6) is -0.347. The zero-order chi connectivity index (χ0) is 26.4. The van der Waals surface area contributed by atoms with E-state index in [1.165, 1.54) is 0 Å². The molecule has 3 aromatic carbocycles. The van der Waals surface area contributed by atoms with Crippen molar-refractivity contribution in [1.29, 1.82) is 5.26 Å². The fourth-order valence-corrected chi connectivity index (χ4v) is 4.09. The van der Waals surface area contributed by atoms with E-state index in [0.29, 0.717) is 48.1 Å². The highest BCUT2D eigenvalue weighted by atomic mass is 16.1. The van der Waals surface area contributed by atoms with E-state index in [2.05, 4.69) is 21.7 Å². The molecule has 1 amide bonds. The molecule has 0 saturated heterocycles. The molecule has 4 aromatic rings. The van der Waals surface area contributed by atoms with E-state index < -0.39 is 0 Å². The van der Waals surface area contributed by atoms with Crippen LogP contribution < -0.4 is 21.9 Å². The fraction of sp³-hybridized carbons (Fsp3) is 0.241. The van der Waals surface area contributed by atoms with Crippen LogP contribution in [0.2, 0.25) is 0 Å². The van der Waals surface area contributed by atoms with Crippen molar-refractivity contribution in [2.45, 2.75) is 33.2 Å². The second kappa shape index (κ2) is 11.5. The maximum Gasteiger partial charge on any atom is 0.261 e. The summed E-state index contributed by atoms with van der Waals surface area (Å²) >= 11 is 0. The molecule has 4 N–H and O–H groups in total. The van der Waals surface area contributed by atoms with Crippen LogP contribution in [-0.4, -0.2) is 22.0 Å². The average molecular weight is 495 g/mol. The lowest BCUT2D eigenvalue weighted by atomic mass is 10.0. The molecule has 0 radical (unpaired) electrons. The molecule has 0 aliphatic heterocycles. The molecule has 0 spiro atoms. The Bertz CT molecular complexity index is 1540. The molecule has 37 heavy (non-hydrogen) atoms. The van der Waals surface area contributed by atoms with Gasteiger partial charge in [-0.2, -0.15) is 5.26 Å². The number of rotatable bonds is 9. The van der Waals surface area contributed by atoms with Crippen molar-refractivity contribution in [3.63, 3.8) is 0 Å². The highest BCUT2D eigenvalue weighted by Crippen LogP contribution is 2.26. The van der Waals surface area contributed by atoms with Gasteiger partial charge in [-0.3, -0.25) is 14.2 Å². The van der Waals surface area contributed by atoms with Gasteiger partial charge in [-0.15, -0.1) is 0 Å². The van der Waals surface area contributed by atoms with Crippen molar-refractivity contribution in [3.05, 3.63) is 94.0 Å². The summed E-state index contributed by atoms with van der Waals surface area (Å²) in [4.78, 5) is 30.2. The maximum absolute atomic E-state index is 12.9. The van der Waals surface area contributed by atoms with Crippen LogP contribution in [0.1, 0.15) is 34.8 Å². The minimum Gasteiger partial charge on any atom is -0.355 e. The lowest BCUT2D eigenvalue weighted by Gasteiger charge is -2.14. The number of hydrogen-bond acceptors (Lipinski definition) is 6. The van der Waals surface area contributed by atoms with Crippen molar-refractivity contribution >= 4 is 33.9 Å². The first-order valence-electron chi connectivity index (χ1n) is 12.2. The second-order valence-electron chi connectivity index (χ2n) is 9.16. The van der Waals surface area contributed by atoms with Crippen LogP contribution >= 0.6 is 0 Å². The highest BCUT2D eigenvalue weighted by Gasteiger charge is 2.11. The molecule has 8 heteroatoms. The monoisotopic (exact) mass is 494 g/mol. The van der Waals surface area contributed by atoms with E-state index in [0.717, 1.165) is 22.5 Å². The average Bonchev–Trinajstić information content (AvgIpc) is 2.90. The Kier molecular flexibility index (Phi) is 7.96. The second-order valence-corrected chi connectivity index (χ2v) is 9.16. The minimum absolute atomic E-state index is 0.105. The first kappa shape index (κ1) is 25.6. The van der Waals surface area contributed by atoms with Gasteiger partial charge in [-0.1, -0.05) is 18.2 Å². The van der Waals surface area contributed by atoms with E-state index in [9.17, 15) is 9.59 Å². The van der Waals surface area contributed by atoms with Crippen molar-refractivity contribution in [2.75, 3.05) is 17.2 Å². The molecule has 188 valence electrons. The van der Waals surface area contributed by atoms with Crippen LogP contribution in [0, 0.1) is 24.2 Å². The normalized spacial score (nSPS) is 11.6. The molecular formula is C29H30N6O2. The van der Waals surface area contributed by atoms with Gasteiger partial charge in [0.2, 0.25) is 0 Å². The van der Waals surface area contributed by atoms with Crippen molar-refractivity contribution in [2.24, 2.45) is 11.7 Å². The number of benzene rings is 3. The van der Waals surface area contributed by atoms with Gasteiger partial charge in [0.15, 0.2) is 0 Å².